The summed E-state index contributed by atoms with van der Waals surface area (Å²) in [7, 11) is -4.19. The SMILES string of the molecule is Cc1ccc(CN(C(=O)CN(c2ccc(C)cc2)S(=O)(=O)c2ccc(Cl)cc2)[C@@H](Cc2ccccc2)C(=O)NC(C)C)cc1. The molecule has 2 amide bonds. The zero-order chi connectivity index (χ0) is 31.9. The predicted molar refractivity (Wildman–Crippen MR) is 176 cm³/mol. The summed E-state index contributed by atoms with van der Waals surface area (Å²) >= 11 is 6.05. The van der Waals surface area contributed by atoms with Gasteiger partial charge in [-0.3, -0.25) is 13.9 Å². The van der Waals surface area contributed by atoms with E-state index in [1.54, 1.807) is 24.3 Å². The van der Waals surface area contributed by atoms with Gasteiger partial charge in [0.05, 0.1) is 10.6 Å². The molecule has 0 aliphatic carbocycles. The molecule has 0 radical (unpaired) electrons. The lowest BCUT2D eigenvalue weighted by atomic mass is 10.0. The van der Waals surface area contributed by atoms with Gasteiger partial charge in [-0.15, -0.1) is 0 Å². The van der Waals surface area contributed by atoms with E-state index >= 15 is 0 Å². The number of nitrogens with one attached hydrogen (secondary N) is 1. The monoisotopic (exact) mass is 631 g/mol. The molecule has 4 aromatic carbocycles. The molecule has 44 heavy (non-hydrogen) atoms. The second kappa shape index (κ2) is 14.6. The first-order chi connectivity index (χ1) is 20.9. The number of carbonyl (C=O) groups is 2. The molecule has 1 atom stereocenters. The highest BCUT2D eigenvalue weighted by molar-refractivity contribution is 7.92. The minimum Gasteiger partial charge on any atom is -0.352 e. The fraction of sp³-hybridized carbons (Fsp3) is 0.257. The molecule has 4 aromatic rings. The normalized spacial score (nSPS) is 12.0. The van der Waals surface area contributed by atoms with Crippen molar-refractivity contribution in [3.05, 3.63) is 130 Å². The first-order valence-electron chi connectivity index (χ1n) is 14.5. The fourth-order valence-electron chi connectivity index (χ4n) is 4.80. The topological polar surface area (TPSA) is 86.8 Å². The van der Waals surface area contributed by atoms with Gasteiger partial charge >= 0.3 is 0 Å². The van der Waals surface area contributed by atoms with E-state index in [2.05, 4.69) is 5.32 Å². The fourth-order valence-corrected chi connectivity index (χ4v) is 6.34. The molecule has 0 bridgehead atoms. The van der Waals surface area contributed by atoms with Crippen LogP contribution in [0, 0.1) is 13.8 Å². The average Bonchev–Trinajstić information content (AvgIpc) is 2.99. The highest BCUT2D eigenvalue weighted by Gasteiger charge is 2.34. The van der Waals surface area contributed by atoms with Gasteiger partial charge < -0.3 is 10.2 Å². The third-order valence-corrected chi connectivity index (χ3v) is 9.22. The maximum absolute atomic E-state index is 14.4. The van der Waals surface area contributed by atoms with Crippen LogP contribution in [0.2, 0.25) is 5.02 Å². The number of sulfonamides is 1. The summed E-state index contributed by atoms with van der Waals surface area (Å²) in [6, 6.07) is 28.9. The lowest BCUT2D eigenvalue weighted by Gasteiger charge is -2.34. The number of nitrogens with zero attached hydrogens (tertiary/aromatic N) is 2. The van der Waals surface area contributed by atoms with Crippen LogP contribution in [-0.4, -0.2) is 43.8 Å². The molecular formula is C35H38ClN3O4S. The average molecular weight is 632 g/mol. The van der Waals surface area contributed by atoms with Crippen LogP contribution < -0.4 is 9.62 Å². The standard InChI is InChI=1S/C35H38ClN3O4S/c1-25(2)37-35(41)33(22-28-8-6-5-7-9-28)38(23-29-14-10-26(3)11-15-29)34(40)24-39(31-18-12-27(4)13-19-31)44(42,43)32-20-16-30(36)17-21-32/h5-21,25,33H,22-24H2,1-4H3,(H,37,41)/t33-/m0/s1. The molecular weight excluding hydrogens is 594 g/mol. The number of benzene rings is 4. The minimum absolute atomic E-state index is 0.00116. The molecule has 0 saturated heterocycles. The van der Waals surface area contributed by atoms with E-state index in [9.17, 15) is 18.0 Å². The van der Waals surface area contributed by atoms with Crippen LogP contribution in [0.5, 0.6) is 0 Å². The van der Waals surface area contributed by atoms with E-state index in [4.69, 9.17) is 11.6 Å². The van der Waals surface area contributed by atoms with E-state index in [1.165, 1.54) is 29.2 Å². The summed E-state index contributed by atoms with van der Waals surface area (Å²) in [6.07, 6.45) is 0.255. The van der Waals surface area contributed by atoms with E-state index in [1.807, 2.05) is 82.3 Å². The van der Waals surface area contributed by atoms with Crippen molar-refractivity contribution in [1.29, 1.82) is 0 Å². The lowest BCUT2D eigenvalue weighted by Crippen LogP contribution is -2.54. The van der Waals surface area contributed by atoms with Crippen LogP contribution in [-0.2, 0) is 32.6 Å². The number of hydrogen-bond donors (Lipinski definition) is 1. The molecule has 0 aromatic heterocycles. The zero-order valence-electron chi connectivity index (χ0n) is 25.4. The van der Waals surface area contributed by atoms with Crippen molar-refractivity contribution in [3.8, 4) is 0 Å². The quantitative estimate of drug-likeness (QED) is 0.198. The minimum atomic E-state index is -4.19. The Morgan fingerprint density at radius 1 is 0.773 bits per heavy atom. The number of amides is 2. The second-order valence-corrected chi connectivity index (χ2v) is 13.5. The molecule has 0 unspecified atom stereocenters. The third kappa shape index (κ3) is 8.49. The molecule has 0 saturated carbocycles. The molecule has 0 aliphatic heterocycles. The zero-order valence-corrected chi connectivity index (χ0v) is 27.0. The van der Waals surface area contributed by atoms with Gasteiger partial charge in [-0.2, -0.15) is 0 Å². The number of carbonyl (C=O) groups excluding carboxylic acids is 2. The van der Waals surface area contributed by atoms with Crippen molar-refractivity contribution in [2.75, 3.05) is 10.8 Å². The molecule has 0 spiro atoms. The smallest absolute Gasteiger partial charge is 0.264 e. The van der Waals surface area contributed by atoms with E-state index in [0.717, 1.165) is 26.6 Å². The summed E-state index contributed by atoms with van der Waals surface area (Å²) in [6.45, 7) is 7.20. The van der Waals surface area contributed by atoms with Crippen molar-refractivity contribution in [1.82, 2.24) is 10.2 Å². The van der Waals surface area contributed by atoms with E-state index < -0.39 is 28.5 Å². The molecule has 0 aliphatic rings. The van der Waals surface area contributed by atoms with Crippen LogP contribution >= 0.6 is 11.6 Å². The Kier molecular flexibility index (Phi) is 10.8. The second-order valence-electron chi connectivity index (χ2n) is 11.2. The molecule has 7 nitrogen and oxygen atoms in total. The summed E-state index contributed by atoms with van der Waals surface area (Å²) in [5.41, 5.74) is 4.03. The Bertz CT molecular complexity index is 1660. The van der Waals surface area contributed by atoms with Crippen molar-refractivity contribution >= 4 is 39.1 Å². The van der Waals surface area contributed by atoms with Gasteiger partial charge in [-0.25, -0.2) is 8.42 Å². The maximum Gasteiger partial charge on any atom is 0.264 e. The molecule has 4 rings (SSSR count). The number of aryl methyl sites for hydroxylation is 2. The van der Waals surface area contributed by atoms with Crippen LogP contribution in [0.25, 0.3) is 0 Å². The van der Waals surface area contributed by atoms with Crippen LogP contribution in [0.3, 0.4) is 0 Å². The van der Waals surface area contributed by atoms with Crippen molar-refractivity contribution < 1.29 is 18.0 Å². The Morgan fingerprint density at radius 2 is 1.34 bits per heavy atom. The number of rotatable bonds is 12. The van der Waals surface area contributed by atoms with Crippen molar-refractivity contribution in [2.45, 2.75) is 57.6 Å². The van der Waals surface area contributed by atoms with E-state index in [0.29, 0.717) is 10.7 Å². The third-order valence-electron chi connectivity index (χ3n) is 7.18. The van der Waals surface area contributed by atoms with E-state index in [-0.39, 0.29) is 29.8 Å². The summed E-state index contributed by atoms with van der Waals surface area (Å²) < 4.78 is 29.2. The molecule has 0 fully saturated rings. The summed E-state index contributed by atoms with van der Waals surface area (Å²) in [5, 5.41) is 3.36. The predicted octanol–water partition coefficient (Wildman–Crippen LogP) is 6.32. The number of halogens is 1. The largest absolute Gasteiger partial charge is 0.352 e. The van der Waals surface area contributed by atoms with Crippen LogP contribution in [0.15, 0.2) is 108 Å². The highest BCUT2D eigenvalue weighted by Crippen LogP contribution is 2.26. The highest BCUT2D eigenvalue weighted by atomic mass is 35.5. The van der Waals surface area contributed by atoms with Crippen molar-refractivity contribution in [3.63, 3.8) is 0 Å². The molecule has 1 N–H and O–H groups in total. The Balaban J connectivity index is 1.79. The van der Waals surface area contributed by atoms with Crippen LogP contribution in [0.1, 0.15) is 36.1 Å². The molecule has 9 heteroatoms. The lowest BCUT2D eigenvalue weighted by molar-refractivity contribution is -0.140. The summed E-state index contributed by atoms with van der Waals surface area (Å²) in [4.78, 5) is 29.7. The molecule has 0 heterocycles. The van der Waals surface area contributed by atoms with Gasteiger partial charge in [0, 0.05) is 24.0 Å². The van der Waals surface area contributed by atoms with Crippen LogP contribution in [0.4, 0.5) is 5.69 Å². The number of anilines is 1. The van der Waals surface area contributed by atoms with Gasteiger partial charge in [0.25, 0.3) is 10.0 Å². The van der Waals surface area contributed by atoms with Gasteiger partial charge in [0.2, 0.25) is 11.8 Å². The Morgan fingerprint density at radius 3 is 1.91 bits per heavy atom. The van der Waals surface area contributed by atoms with Gasteiger partial charge in [0.1, 0.15) is 12.6 Å². The van der Waals surface area contributed by atoms with Gasteiger partial charge in [-0.05, 0) is 75.2 Å². The van der Waals surface area contributed by atoms with Crippen molar-refractivity contribution in [2.24, 2.45) is 0 Å². The maximum atomic E-state index is 14.4. The Hall–Kier alpha value is -4.14. The Labute approximate surface area is 265 Å². The first kappa shape index (κ1) is 32.8. The number of hydrogen-bond acceptors (Lipinski definition) is 4. The first-order valence-corrected chi connectivity index (χ1v) is 16.3. The molecule has 230 valence electrons. The van der Waals surface area contributed by atoms with Gasteiger partial charge in [0.15, 0.2) is 0 Å². The summed E-state index contributed by atoms with van der Waals surface area (Å²) in [5.74, 6) is -0.824. The van der Waals surface area contributed by atoms with Gasteiger partial charge in [-0.1, -0.05) is 89.5 Å².